The number of furan rings is 2. The average Bonchev–Trinajstić information content (AvgIpc) is 3.30. The monoisotopic (exact) mass is 357 g/mol. The summed E-state index contributed by atoms with van der Waals surface area (Å²) in [4.78, 5) is 17.7. The number of carbonyl (C=O) groups excluding carboxylic acids is 1. The van der Waals surface area contributed by atoms with Crippen LogP contribution in [-0.4, -0.2) is 21.8 Å². The molecular formula is C16H11N3O3S2. The van der Waals surface area contributed by atoms with Gasteiger partial charge in [-0.2, -0.15) is 4.99 Å². The van der Waals surface area contributed by atoms with Crippen LogP contribution >= 0.6 is 23.5 Å². The fourth-order valence-corrected chi connectivity index (χ4v) is 3.67. The van der Waals surface area contributed by atoms with E-state index in [4.69, 9.17) is 14.2 Å². The number of rotatable bonds is 4. The van der Waals surface area contributed by atoms with Crippen molar-refractivity contribution in [2.75, 3.05) is 0 Å². The summed E-state index contributed by atoms with van der Waals surface area (Å²) in [6, 6.07) is 7.34. The molecule has 0 fully saturated rings. The van der Waals surface area contributed by atoms with Crippen molar-refractivity contribution in [3.63, 3.8) is 0 Å². The Bertz CT molecular complexity index is 894. The number of nitrogens with one attached hydrogen (secondary N) is 1. The van der Waals surface area contributed by atoms with Crippen molar-refractivity contribution in [1.29, 1.82) is 5.41 Å². The quantitative estimate of drug-likeness (QED) is 0.659. The second-order valence-electron chi connectivity index (χ2n) is 4.90. The maximum Gasteiger partial charge on any atom is 0.283 e. The molecule has 2 aliphatic heterocycles. The molecule has 8 heteroatoms. The Kier molecular flexibility index (Phi) is 3.91. The zero-order chi connectivity index (χ0) is 16.5. The molecule has 1 N–H and O–H groups in total. The molecule has 2 aliphatic rings. The van der Waals surface area contributed by atoms with E-state index in [-0.39, 0.29) is 11.4 Å². The van der Waals surface area contributed by atoms with Crippen molar-refractivity contribution in [3.05, 3.63) is 59.2 Å². The lowest BCUT2D eigenvalue weighted by Gasteiger charge is -2.21. The molecule has 4 heterocycles. The summed E-state index contributed by atoms with van der Waals surface area (Å²) in [7, 11) is 0. The van der Waals surface area contributed by atoms with Crippen LogP contribution in [0, 0.1) is 5.41 Å². The van der Waals surface area contributed by atoms with Gasteiger partial charge in [0.2, 0.25) is 0 Å². The number of aliphatic imine (C=N–C) groups is 1. The van der Waals surface area contributed by atoms with Gasteiger partial charge in [0.05, 0.1) is 17.6 Å². The molecule has 0 saturated heterocycles. The minimum absolute atomic E-state index is 0.104. The Labute approximate surface area is 145 Å². The summed E-state index contributed by atoms with van der Waals surface area (Å²) in [6.45, 7) is 0. The normalized spacial score (nSPS) is 18.4. The van der Waals surface area contributed by atoms with Gasteiger partial charge >= 0.3 is 0 Å². The lowest BCUT2D eigenvalue weighted by molar-refractivity contribution is -0.114. The fourth-order valence-electron chi connectivity index (χ4n) is 2.20. The highest BCUT2D eigenvalue weighted by atomic mass is 32.2. The number of carbonyl (C=O) groups is 1. The Morgan fingerprint density at radius 1 is 1.38 bits per heavy atom. The highest BCUT2D eigenvalue weighted by Gasteiger charge is 2.31. The topological polar surface area (TPSA) is 82.8 Å². The highest BCUT2D eigenvalue weighted by Crippen LogP contribution is 2.29. The van der Waals surface area contributed by atoms with Crippen molar-refractivity contribution in [2.24, 2.45) is 4.99 Å². The molecule has 0 unspecified atom stereocenters. The molecule has 0 saturated carbocycles. The first kappa shape index (κ1) is 15.1. The maximum atomic E-state index is 12.1. The Morgan fingerprint density at radius 3 is 3.12 bits per heavy atom. The molecule has 6 nitrogen and oxygen atoms in total. The molecule has 24 heavy (non-hydrogen) atoms. The number of hydrogen-bond acceptors (Lipinski definition) is 6. The van der Waals surface area contributed by atoms with Gasteiger partial charge in [0.1, 0.15) is 17.4 Å². The lowest BCUT2D eigenvalue weighted by atomic mass is 10.1. The summed E-state index contributed by atoms with van der Waals surface area (Å²) >= 11 is 2.82. The number of nitrogens with zero attached hydrogens (tertiary/aromatic N) is 2. The average molecular weight is 357 g/mol. The number of fused-ring (bicyclic) bond motifs is 1. The van der Waals surface area contributed by atoms with Gasteiger partial charge in [-0.3, -0.25) is 15.1 Å². The third-order valence-corrected chi connectivity index (χ3v) is 5.03. The molecular weight excluding hydrogens is 346 g/mol. The van der Waals surface area contributed by atoms with E-state index in [0.717, 1.165) is 5.76 Å². The lowest BCUT2D eigenvalue weighted by Crippen LogP contribution is -2.35. The van der Waals surface area contributed by atoms with Crippen molar-refractivity contribution in [3.8, 4) is 0 Å². The van der Waals surface area contributed by atoms with E-state index in [1.807, 2.05) is 18.2 Å². The van der Waals surface area contributed by atoms with E-state index in [1.165, 1.54) is 23.5 Å². The minimum Gasteiger partial charge on any atom is -0.468 e. The van der Waals surface area contributed by atoms with Gasteiger partial charge in [0, 0.05) is 6.20 Å². The first-order valence-corrected chi connectivity index (χ1v) is 8.88. The van der Waals surface area contributed by atoms with Gasteiger partial charge in [0.15, 0.2) is 10.3 Å². The smallest absolute Gasteiger partial charge is 0.283 e. The van der Waals surface area contributed by atoms with Gasteiger partial charge in [-0.25, -0.2) is 0 Å². The molecule has 2 aromatic heterocycles. The predicted octanol–water partition coefficient (Wildman–Crippen LogP) is 3.94. The van der Waals surface area contributed by atoms with Crippen molar-refractivity contribution in [2.45, 2.75) is 10.8 Å². The summed E-state index contributed by atoms with van der Waals surface area (Å²) in [5.74, 6) is 1.71. The standard InChI is InChI=1S/C16H11N3O3S2/c17-14-12(15(20)18-16-19(14)5-7-23-16)8-10-3-4-13(22-10)24-9-11-2-1-6-21-11/h1-8,17H,9H2/b12-8-,17-14?. The SMILES string of the molecule is N=C1/C(=C/c2ccc(SCc3ccco3)o2)C(=O)N=C2SC=CN12. The number of thioether (sulfide) groups is 2. The molecule has 0 aromatic carbocycles. The summed E-state index contributed by atoms with van der Waals surface area (Å²) in [5.41, 5.74) is 0.211. The van der Waals surface area contributed by atoms with Crippen LogP contribution in [0.5, 0.6) is 0 Å². The fraction of sp³-hybridized carbons (Fsp3) is 0.0625. The second kappa shape index (κ2) is 6.21. The first-order chi connectivity index (χ1) is 11.7. The number of hydrogen-bond donors (Lipinski definition) is 1. The van der Waals surface area contributed by atoms with Crippen LogP contribution in [0.15, 0.2) is 66.6 Å². The van der Waals surface area contributed by atoms with E-state index < -0.39 is 5.91 Å². The van der Waals surface area contributed by atoms with E-state index in [0.29, 0.717) is 21.8 Å². The van der Waals surface area contributed by atoms with Gasteiger partial charge < -0.3 is 8.83 Å². The largest absolute Gasteiger partial charge is 0.468 e. The van der Waals surface area contributed by atoms with Crippen LogP contribution in [-0.2, 0) is 10.5 Å². The van der Waals surface area contributed by atoms with Crippen LogP contribution in [0.25, 0.3) is 6.08 Å². The van der Waals surface area contributed by atoms with E-state index >= 15 is 0 Å². The molecule has 0 spiro atoms. The van der Waals surface area contributed by atoms with Gasteiger partial charge in [-0.1, -0.05) is 23.5 Å². The number of amidine groups is 2. The Morgan fingerprint density at radius 2 is 2.29 bits per heavy atom. The summed E-state index contributed by atoms with van der Waals surface area (Å²) < 4.78 is 11.0. The minimum atomic E-state index is -0.427. The third-order valence-electron chi connectivity index (χ3n) is 3.34. The molecule has 120 valence electrons. The molecule has 0 atom stereocenters. The molecule has 1 amide bonds. The summed E-state index contributed by atoms with van der Waals surface area (Å²) in [5, 5.41) is 11.2. The van der Waals surface area contributed by atoms with Crippen LogP contribution in [0.3, 0.4) is 0 Å². The van der Waals surface area contributed by atoms with E-state index in [2.05, 4.69) is 4.99 Å². The van der Waals surface area contributed by atoms with Gasteiger partial charge in [0.25, 0.3) is 5.91 Å². The predicted molar refractivity (Wildman–Crippen MR) is 93.7 cm³/mol. The van der Waals surface area contributed by atoms with E-state index in [1.54, 1.807) is 34.9 Å². The second-order valence-corrected chi connectivity index (χ2v) is 6.76. The maximum absolute atomic E-state index is 12.1. The van der Waals surface area contributed by atoms with Crippen LogP contribution in [0.2, 0.25) is 0 Å². The Hall–Kier alpha value is -2.45. The highest BCUT2D eigenvalue weighted by molar-refractivity contribution is 8.16. The Balaban J connectivity index is 1.52. The van der Waals surface area contributed by atoms with Crippen molar-refractivity contribution < 1.29 is 13.6 Å². The van der Waals surface area contributed by atoms with Crippen LogP contribution in [0.1, 0.15) is 11.5 Å². The van der Waals surface area contributed by atoms with E-state index in [9.17, 15) is 4.79 Å². The van der Waals surface area contributed by atoms with Crippen LogP contribution < -0.4 is 0 Å². The third kappa shape index (κ3) is 2.85. The number of amides is 1. The van der Waals surface area contributed by atoms with Crippen molar-refractivity contribution in [1.82, 2.24) is 4.90 Å². The molecule has 0 radical (unpaired) electrons. The zero-order valence-corrected chi connectivity index (χ0v) is 13.9. The van der Waals surface area contributed by atoms with Crippen molar-refractivity contribution >= 4 is 46.5 Å². The summed E-state index contributed by atoms with van der Waals surface area (Å²) in [6.07, 6.45) is 4.91. The first-order valence-electron chi connectivity index (χ1n) is 7.02. The molecule has 4 rings (SSSR count). The molecule has 0 bridgehead atoms. The zero-order valence-electron chi connectivity index (χ0n) is 12.3. The van der Waals surface area contributed by atoms with Gasteiger partial charge in [-0.05, 0) is 35.7 Å². The van der Waals surface area contributed by atoms with Gasteiger partial charge in [-0.15, -0.1) is 0 Å². The molecule has 0 aliphatic carbocycles. The molecule has 2 aromatic rings. The van der Waals surface area contributed by atoms with Crippen LogP contribution in [0.4, 0.5) is 0 Å².